The van der Waals surface area contributed by atoms with E-state index >= 15 is 0 Å². The van der Waals surface area contributed by atoms with Crippen molar-refractivity contribution in [3.05, 3.63) is 41.5 Å². The van der Waals surface area contributed by atoms with Crippen LogP contribution in [0.25, 0.3) is 0 Å². The molecule has 0 aliphatic carbocycles. The Hall–Kier alpha value is -1.54. The molecule has 0 fully saturated rings. The summed E-state index contributed by atoms with van der Waals surface area (Å²) in [5, 5.41) is 0. The monoisotopic (exact) mass is 186 g/mol. The third-order valence-corrected chi connectivity index (χ3v) is 1.50. The molecule has 0 aromatic heterocycles. The Balaban J connectivity index is 3.09. The minimum Gasteiger partial charge on any atom is -0.233 e. The van der Waals surface area contributed by atoms with Gasteiger partial charge in [-0.1, -0.05) is 18.2 Å². The lowest BCUT2D eigenvalue weighted by molar-refractivity contribution is 0.327. The van der Waals surface area contributed by atoms with E-state index in [1.54, 1.807) is 0 Å². The van der Waals surface area contributed by atoms with Crippen molar-refractivity contribution in [3.63, 3.8) is 0 Å². The molecule has 1 unspecified atom stereocenters. The van der Waals surface area contributed by atoms with Crippen LogP contribution in [-0.4, -0.2) is 5.94 Å². The van der Waals surface area contributed by atoms with Gasteiger partial charge >= 0.3 is 0 Å². The van der Waals surface area contributed by atoms with Crippen molar-refractivity contribution in [2.75, 3.05) is 0 Å². The lowest BCUT2D eigenvalue weighted by Crippen LogP contribution is -1.96. The van der Waals surface area contributed by atoms with E-state index < -0.39 is 23.4 Å². The molecule has 0 saturated heterocycles. The average molecular weight is 186 g/mol. The van der Waals surface area contributed by atoms with Gasteiger partial charge in [0.15, 0.2) is 12.1 Å². The van der Waals surface area contributed by atoms with Crippen LogP contribution in [0.4, 0.5) is 13.2 Å². The number of alkyl halides is 1. The summed E-state index contributed by atoms with van der Waals surface area (Å²) in [5.41, 5.74) is -0.497. The summed E-state index contributed by atoms with van der Waals surface area (Å²) in [6, 6.07) is 4.74. The van der Waals surface area contributed by atoms with Crippen molar-refractivity contribution in [3.8, 4) is 0 Å². The first-order chi connectivity index (χ1) is 6.16. The van der Waals surface area contributed by atoms with Gasteiger partial charge in [-0.05, 0) is 6.07 Å². The second kappa shape index (κ2) is 3.92. The van der Waals surface area contributed by atoms with Gasteiger partial charge in [0.05, 0.1) is 0 Å². The molecule has 0 heterocycles. The molecule has 0 aliphatic rings. The van der Waals surface area contributed by atoms with E-state index in [2.05, 4.69) is 0 Å². The molecule has 4 heteroatoms. The van der Waals surface area contributed by atoms with Gasteiger partial charge in [-0.15, -0.1) is 0 Å². The maximum absolute atomic E-state index is 12.9. The highest BCUT2D eigenvalue weighted by Crippen LogP contribution is 2.26. The van der Waals surface area contributed by atoms with Crippen LogP contribution in [0.1, 0.15) is 11.7 Å². The van der Waals surface area contributed by atoms with Crippen LogP contribution in [0.2, 0.25) is 0 Å². The van der Waals surface area contributed by atoms with Gasteiger partial charge in [-0.25, -0.2) is 13.6 Å². The average Bonchev–Trinajstić information content (AvgIpc) is 2.16. The number of halogens is 3. The Morgan fingerprint density at radius 3 is 2.54 bits per heavy atom. The number of rotatable bonds is 2. The minimum atomic E-state index is -2.36. The molecule has 0 saturated carbocycles. The summed E-state index contributed by atoms with van der Waals surface area (Å²) in [6.07, 6.45) is -2.36. The molecule has 1 nitrogen and oxygen atoms in total. The fourth-order valence-electron chi connectivity index (χ4n) is 0.869. The Labute approximate surface area is 72.5 Å². The van der Waals surface area contributed by atoms with Gasteiger partial charge in [0, 0.05) is 5.56 Å². The molecule has 0 radical (unpaired) electrons. The SMILES string of the molecule is O=C=C(F)C(F)c1ccccc1F. The third-order valence-electron chi connectivity index (χ3n) is 1.50. The lowest BCUT2D eigenvalue weighted by Gasteiger charge is -2.03. The topological polar surface area (TPSA) is 17.1 Å². The van der Waals surface area contributed by atoms with E-state index in [1.807, 2.05) is 0 Å². The lowest BCUT2D eigenvalue weighted by atomic mass is 10.1. The number of hydrogen-bond acceptors (Lipinski definition) is 1. The molecule has 1 aromatic rings. The first-order valence-electron chi connectivity index (χ1n) is 3.46. The molecular weight excluding hydrogens is 181 g/mol. The summed E-state index contributed by atoms with van der Waals surface area (Å²) in [6.45, 7) is 0. The van der Waals surface area contributed by atoms with Crippen LogP contribution in [-0.2, 0) is 4.79 Å². The smallest absolute Gasteiger partial charge is 0.222 e. The van der Waals surface area contributed by atoms with Gasteiger partial charge in [-0.2, -0.15) is 4.39 Å². The van der Waals surface area contributed by atoms with E-state index in [0.717, 1.165) is 18.1 Å². The van der Waals surface area contributed by atoms with Crippen molar-refractivity contribution in [2.45, 2.75) is 6.17 Å². The molecule has 1 aromatic carbocycles. The fourth-order valence-corrected chi connectivity index (χ4v) is 0.869. The van der Waals surface area contributed by atoms with Crippen LogP contribution in [0, 0.1) is 5.82 Å². The zero-order valence-corrected chi connectivity index (χ0v) is 6.43. The summed E-state index contributed by atoms with van der Waals surface area (Å²) in [5.74, 6) is -1.79. The molecule has 0 amide bonds. The molecule has 13 heavy (non-hydrogen) atoms. The highest BCUT2D eigenvalue weighted by molar-refractivity contribution is 5.52. The van der Waals surface area contributed by atoms with Crippen molar-refractivity contribution < 1.29 is 18.0 Å². The summed E-state index contributed by atoms with van der Waals surface area (Å²) in [7, 11) is 0. The van der Waals surface area contributed by atoms with Gasteiger partial charge in [-0.3, -0.25) is 0 Å². The van der Waals surface area contributed by atoms with E-state index in [1.165, 1.54) is 12.1 Å². The Morgan fingerprint density at radius 2 is 2.00 bits per heavy atom. The number of benzene rings is 1. The van der Waals surface area contributed by atoms with Crippen LogP contribution >= 0.6 is 0 Å². The normalized spacial score (nSPS) is 11.9. The van der Waals surface area contributed by atoms with E-state index in [9.17, 15) is 18.0 Å². The highest BCUT2D eigenvalue weighted by atomic mass is 19.2. The fraction of sp³-hybridized carbons (Fsp3) is 0.111. The predicted molar refractivity (Wildman–Crippen MR) is 40.6 cm³/mol. The van der Waals surface area contributed by atoms with E-state index in [0.29, 0.717) is 0 Å². The molecule has 1 rings (SSSR count). The summed E-state index contributed by atoms with van der Waals surface area (Å²) in [4.78, 5) is 9.73. The molecule has 68 valence electrons. The standard InChI is InChI=1S/C9H5F3O/c10-7-4-2-1-3-6(7)9(12)8(11)5-13/h1-4,9H. The van der Waals surface area contributed by atoms with E-state index in [-0.39, 0.29) is 0 Å². The molecule has 0 N–H and O–H groups in total. The zero-order valence-electron chi connectivity index (χ0n) is 6.43. The van der Waals surface area contributed by atoms with Crippen molar-refractivity contribution in [1.29, 1.82) is 0 Å². The number of hydrogen-bond donors (Lipinski definition) is 0. The molecule has 0 bridgehead atoms. The van der Waals surface area contributed by atoms with E-state index in [4.69, 9.17) is 0 Å². The molecule has 0 spiro atoms. The van der Waals surface area contributed by atoms with Crippen LogP contribution < -0.4 is 0 Å². The summed E-state index contributed by atoms with van der Waals surface area (Å²) >= 11 is 0. The second-order valence-electron chi connectivity index (χ2n) is 2.33. The quantitative estimate of drug-likeness (QED) is 0.648. The zero-order chi connectivity index (χ0) is 9.84. The van der Waals surface area contributed by atoms with Crippen molar-refractivity contribution in [1.82, 2.24) is 0 Å². The highest BCUT2D eigenvalue weighted by Gasteiger charge is 2.19. The molecular formula is C9H5F3O. The second-order valence-corrected chi connectivity index (χ2v) is 2.33. The Kier molecular flexibility index (Phi) is 2.88. The largest absolute Gasteiger partial charge is 0.233 e. The first-order valence-corrected chi connectivity index (χ1v) is 3.46. The first kappa shape index (κ1) is 9.55. The Morgan fingerprint density at radius 1 is 1.38 bits per heavy atom. The van der Waals surface area contributed by atoms with Gasteiger partial charge in [0.25, 0.3) is 0 Å². The minimum absolute atomic E-state index is 0.497. The van der Waals surface area contributed by atoms with Crippen molar-refractivity contribution >= 4 is 5.94 Å². The Bertz CT molecular complexity index is 356. The summed E-state index contributed by atoms with van der Waals surface area (Å²) < 4.78 is 38.0. The van der Waals surface area contributed by atoms with Crippen LogP contribution in [0.3, 0.4) is 0 Å². The van der Waals surface area contributed by atoms with Crippen LogP contribution in [0.5, 0.6) is 0 Å². The number of allylic oxidation sites excluding steroid dienone is 1. The van der Waals surface area contributed by atoms with Gasteiger partial charge < -0.3 is 0 Å². The van der Waals surface area contributed by atoms with Gasteiger partial charge in [0.2, 0.25) is 5.83 Å². The predicted octanol–water partition coefficient (Wildman–Crippen LogP) is 2.52. The van der Waals surface area contributed by atoms with Crippen molar-refractivity contribution in [2.24, 2.45) is 0 Å². The number of carbonyl (C=O) groups excluding carboxylic acids is 1. The maximum atomic E-state index is 12.9. The van der Waals surface area contributed by atoms with Gasteiger partial charge in [0.1, 0.15) is 5.82 Å². The maximum Gasteiger partial charge on any atom is 0.222 e. The molecule has 1 atom stereocenters. The van der Waals surface area contributed by atoms with Crippen LogP contribution in [0.15, 0.2) is 30.1 Å². The third kappa shape index (κ3) is 1.98. The molecule has 0 aliphatic heterocycles.